The predicted octanol–water partition coefficient (Wildman–Crippen LogP) is 6.04. The number of rotatable bonds is 10. The average molecular weight is 353 g/mol. The summed E-state index contributed by atoms with van der Waals surface area (Å²) >= 11 is 0. The van der Waals surface area contributed by atoms with Crippen LogP contribution in [0.25, 0.3) is 12.2 Å². The predicted molar refractivity (Wildman–Crippen MR) is 112 cm³/mol. The number of hydrogen-bond donors (Lipinski definition) is 1. The summed E-state index contributed by atoms with van der Waals surface area (Å²) in [7, 11) is 1.69. The zero-order valence-corrected chi connectivity index (χ0v) is 16.4. The van der Waals surface area contributed by atoms with Gasteiger partial charge >= 0.3 is 0 Å². The monoisotopic (exact) mass is 352 g/mol. The van der Waals surface area contributed by atoms with Gasteiger partial charge in [-0.2, -0.15) is 0 Å². The number of methoxy groups -OCH3 is 1. The molecule has 26 heavy (non-hydrogen) atoms. The number of hydrogen-bond acceptors (Lipinski definition) is 2. The molecule has 2 nitrogen and oxygen atoms in total. The van der Waals surface area contributed by atoms with E-state index < -0.39 is 0 Å². The Hall–Kier alpha value is -2.06. The minimum atomic E-state index is 0.0802. The number of ether oxygens (including phenoxy) is 1. The number of aliphatic hydroxyl groups is 1. The lowest BCUT2D eigenvalue weighted by atomic mass is 9.92. The van der Waals surface area contributed by atoms with Crippen molar-refractivity contribution in [3.8, 4) is 5.75 Å². The summed E-state index contributed by atoms with van der Waals surface area (Å²) in [6.45, 7) is 4.52. The molecule has 1 N–H and O–H groups in total. The Balaban J connectivity index is 2.38. The molecule has 0 aliphatic rings. The number of benzene rings is 2. The fourth-order valence-corrected chi connectivity index (χ4v) is 3.22. The molecule has 0 aliphatic carbocycles. The maximum absolute atomic E-state index is 9.94. The summed E-state index contributed by atoms with van der Waals surface area (Å²) in [6.07, 6.45) is 11.1. The molecule has 0 aliphatic heterocycles. The number of unbranched alkanes of at least 4 members (excludes halogenated alkanes) is 2. The molecule has 2 aromatic rings. The Bertz CT molecular complexity index is 716. The third kappa shape index (κ3) is 5.74. The first kappa shape index (κ1) is 20.3. The van der Waals surface area contributed by atoms with Crippen molar-refractivity contribution >= 4 is 12.2 Å². The highest BCUT2D eigenvalue weighted by Crippen LogP contribution is 2.24. The lowest BCUT2D eigenvalue weighted by molar-refractivity contribution is 0.281. The van der Waals surface area contributed by atoms with Crippen LogP contribution in [-0.2, 0) is 19.4 Å². The summed E-state index contributed by atoms with van der Waals surface area (Å²) in [5.41, 5.74) is 6.00. The number of aliphatic hydroxyl groups excluding tert-OH is 1. The van der Waals surface area contributed by atoms with Crippen molar-refractivity contribution < 1.29 is 9.84 Å². The second-order valence-corrected chi connectivity index (χ2v) is 6.80. The molecule has 0 amide bonds. The maximum atomic E-state index is 9.94. The van der Waals surface area contributed by atoms with E-state index in [0.717, 1.165) is 29.7 Å². The van der Waals surface area contributed by atoms with E-state index in [0.29, 0.717) is 0 Å². The highest BCUT2D eigenvalue weighted by atomic mass is 16.5. The normalized spacial score (nSPS) is 11.2. The van der Waals surface area contributed by atoms with Gasteiger partial charge in [-0.3, -0.25) is 0 Å². The van der Waals surface area contributed by atoms with Crippen LogP contribution in [0.4, 0.5) is 0 Å². The zero-order chi connectivity index (χ0) is 18.8. The van der Waals surface area contributed by atoms with Gasteiger partial charge in [0, 0.05) is 0 Å². The topological polar surface area (TPSA) is 29.5 Å². The average Bonchev–Trinajstić information content (AvgIpc) is 2.69. The maximum Gasteiger partial charge on any atom is 0.119 e. The fourth-order valence-electron chi connectivity index (χ4n) is 3.22. The highest BCUT2D eigenvalue weighted by Gasteiger charge is 2.09. The molecule has 0 unspecified atom stereocenters. The molecule has 2 rings (SSSR count). The van der Waals surface area contributed by atoms with Crippen LogP contribution in [0.3, 0.4) is 0 Å². The van der Waals surface area contributed by atoms with Crippen LogP contribution in [-0.4, -0.2) is 12.2 Å². The zero-order valence-electron chi connectivity index (χ0n) is 16.4. The van der Waals surface area contributed by atoms with E-state index in [1.54, 1.807) is 7.11 Å². The van der Waals surface area contributed by atoms with E-state index in [1.807, 2.05) is 18.2 Å². The minimum absolute atomic E-state index is 0.0802. The van der Waals surface area contributed by atoms with Gasteiger partial charge in [-0.25, -0.2) is 0 Å². The van der Waals surface area contributed by atoms with Gasteiger partial charge in [0.15, 0.2) is 0 Å². The molecular weight excluding hydrogens is 320 g/mol. The molecule has 0 bridgehead atoms. The lowest BCUT2D eigenvalue weighted by Crippen LogP contribution is -2.00. The summed E-state index contributed by atoms with van der Waals surface area (Å²) in [4.78, 5) is 0. The molecule has 0 spiro atoms. The molecule has 2 heteroatoms. The Morgan fingerprint density at radius 1 is 0.923 bits per heavy atom. The third-order valence-corrected chi connectivity index (χ3v) is 4.74. The second-order valence-electron chi connectivity index (χ2n) is 6.80. The fraction of sp³-hybridized carbons (Fsp3) is 0.417. The minimum Gasteiger partial charge on any atom is -0.497 e. The standard InChI is InChI=1S/C24H32O2/c1-4-6-9-20-15-21(11-7-5-2)24(22(16-20)18-25)14-13-19-10-8-12-23(17-19)26-3/h8,10,12-17,25H,4-7,9,11,18H2,1-3H3/b14-13+. The summed E-state index contributed by atoms with van der Waals surface area (Å²) in [5.74, 6) is 0.857. The van der Waals surface area contributed by atoms with E-state index in [4.69, 9.17) is 4.74 Å². The first-order valence-electron chi connectivity index (χ1n) is 9.79. The van der Waals surface area contributed by atoms with Gasteiger partial charge in [0.2, 0.25) is 0 Å². The van der Waals surface area contributed by atoms with Gasteiger partial charge in [-0.05, 0) is 65.6 Å². The van der Waals surface area contributed by atoms with E-state index in [9.17, 15) is 5.11 Å². The van der Waals surface area contributed by atoms with Gasteiger partial charge in [0.25, 0.3) is 0 Å². The van der Waals surface area contributed by atoms with Crippen LogP contribution in [0.1, 0.15) is 67.3 Å². The van der Waals surface area contributed by atoms with Crippen LogP contribution in [0.5, 0.6) is 5.75 Å². The van der Waals surface area contributed by atoms with Crippen molar-refractivity contribution in [1.82, 2.24) is 0 Å². The third-order valence-electron chi connectivity index (χ3n) is 4.74. The van der Waals surface area contributed by atoms with Crippen LogP contribution in [0, 0.1) is 0 Å². The van der Waals surface area contributed by atoms with Gasteiger partial charge in [-0.1, -0.05) is 63.1 Å². The van der Waals surface area contributed by atoms with Gasteiger partial charge in [0.1, 0.15) is 5.75 Å². The molecule has 0 atom stereocenters. The molecular formula is C24H32O2. The van der Waals surface area contributed by atoms with Crippen molar-refractivity contribution in [2.24, 2.45) is 0 Å². The van der Waals surface area contributed by atoms with Crippen LogP contribution in [0.15, 0.2) is 36.4 Å². The molecule has 2 aromatic carbocycles. The number of aryl methyl sites for hydroxylation is 2. The van der Waals surface area contributed by atoms with Gasteiger partial charge in [-0.15, -0.1) is 0 Å². The molecule has 0 saturated carbocycles. The Morgan fingerprint density at radius 3 is 2.35 bits per heavy atom. The molecule has 0 aromatic heterocycles. The molecule has 0 heterocycles. The van der Waals surface area contributed by atoms with Crippen molar-refractivity contribution in [2.45, 2.75) is 59.0 Å². The van der Waals surface area contributed by atoms with E-state index in [1.165, 1.54) is 42.4 Å². The van der Waals surface area contributed by atoms with E-state index in [2.05, 4.69) is 44.2 Å². The lowest BCUT2D eigenvalue weighted by Gasteiger charge is -2.14. The SMILES string of the molecule is CCCCc1cc(CO)c(/C=C/c2cccc(OC)c2)c(CCCC)c1. The first-order valence-corrected chi connectivity index (χ1v) is 9.79. The van der Waals surface area contributed by atoms with Crippen molar-refractivity contribution in [1.29, 1.82) is 0 Å². The molecule has 0 fully saturated rings. The van der Waals surface area contributed by atoms with Gasteiger partial charge in [0.05, 0.1) is 13.7 Å². The largest absolute Gasteiger partial charge is 0.497 e. The van der Waals surface area contributed by atoms with E-state index in [-0.39, 0.29) is 6.61 Å². The Morgan fingerprint density at radius 2 is 1.65 bits per heavy atom. The first-order chi connectivity index (χ1) is 12.7. The molecule has 0 saturated heterocycles. The second kappa shape index (κ2) is 10.8. The Labute approximate surface area is 158 Å². The summed E-state index contributed by atoms with van der Waals surface area (Å²) in [5, 5.41) is 9.94. The summed E-state index contributed by atoms with van der Waals surface area (Å²) in [6, 6.07) is 12.6. The van der Waals surface area contributed by atoms with Crippen molar-refractivity contribution in [3.05, 3.63) is 64.2 Å². The van der Waals surface area contributed by atoms with Crippen LogP contribution in [0.2, 0.25) is 0 Å². The Kier molecular flexibility index (Phi) is 8.43. The van der Waals surface area contributed by atoms with Crippen LogP contribution >= 0.6 is 0 Å². The summed E-state index contributed by atoms with van der Waals surface area (Å²) < 4.78 is 5.31. The van der Waals surface area contributed by atoms with Crippen molar-refractivity contribution in [2.75, 3.05) is 7.11 Å². The smallest absolute Gasteiger partial charge is 0.119 e. The molecule has 140 valence electrons. The van der Waals surface area contributed by atoms with Gasteiger partial charge < -0.3 is 9.84 Å². The molecule has 0 radical (unpaired) electrons. The quantitative estimate of drug-likeness (QED) is 0.528. The van der Waals surface area contributed by atoms with Crippen LogP contribution < -0.4 is 4.74 Å². The van der Waals surface area contributed by atoms with Crippen molar-refractivity contribution in [3.63, 3.8) is 0 Å². The highest BCUT2D eigenvalue weighted by molar-refractivity contribution is 5.73. The van der Waals surface area contributed by atoms with E-state index >= 15 is 0 Å².